The standard InChI is InChI=1S/C26H36N6O2/c33-24(4-5-27-25(34)29-26-14-19-11-20(15-26)13-21(12-19)16-26)31-9-7-30(8-10-31)17-22-18-32-6-2-1-3-23(32)28-22/h1-3,6,18-21H,4-5,7-17H2,(H2,27,29,34). The topological polar surface area (TPSA) is 82.0 Å². The Kier molecular flexibility index (Phi) is 5.71. The number of rotatable bonds is 6. The van der Waals surface area contributed by atoms with E-state index in [4.69, 9.17) is 0 Å². The van der Waals surface area contributed by atoms with Crippen LogP contribution < -0.4 is 10.6 Å². The average molecular weight is 465 g/mol. The van der Waals surface area contributed by atoms with Crippen molar-refractivity contribution in [2.45, 2.75) is 57.0 Å². The number of carbonyl (C=O) groups is 2. The van der Waals surface area contributed by atoms with E-state index >= 15 is 0 Å². The van der Waals surface area contributed by atoms with Gasteiger partial charge in [-0.25, -0.2) is 9.78 Å². The van der Waals surface area contributed by atoms with E-state index in [0.717, 1.165) is 81.1 Å². The predicted octanol–water partition coefficient (Wildman–Crippen LogP) is 2.64. The minimum atomic E-state index is -0.0907. The molecule has 34 heavy (non-hydrogen) atoms. The monoisotopic (exact) mass is 464 g/mol. The van der Waals surface area contributed by atoms with E-state index in [1.807, 2.05) is 33.7 Å². The van der Waals surface area contributed by atoms with Crippen molar-refractivity contribution in [1.29, 1.82) is 0 Å². The van der Waals surface area contributed by atoms with Crippen LogP contribution in [0.3, 0.4) is 0 Å². The number of amides is 3. The quantitative estimate of drug-likeness (QED) is 0.689. The zero-order chi connectivity index (χ0) is 23.1. The van der Waals surface area contributed by atoms with Crippen LogP contribution in [0.15, 0.2) is 30.6 Å². The molecule has 1 saturated heterocycles. The number of hydrogen-bond donors (Lipinski definition) is 2. The van der Waals surface area contributed by atoms with Crippen LogP contribution in [0.1, 0.15) is 50.6 Å². The molecule has 0 atom stereocenters. The Morgan fingerprint density at radius 2 is 1.71 bits per heavy atom. The lowest BCUT2D eigenvalue weighted by atomic mass is 9.53. The van der Waals surface area contributed by atoms with E-state index in [9.17, 15) is 9.59 Å². The zero-order valence-corrected chi connectivity index (χ0v) is 19.9. The Morgan fingerprint density at radius 3 is 2.38 bits per heavy atom. The number of nitrogens with one attached hydrogen (secondary N) is 2. The zero-order valence-electron chi connectivity index (χ0n) is 19.9. The van der Waals surface area contributed by atoms with Gasteiger partial charge in [-0.2, -0.15) is 0 Å². The molecule has 3 heterocycles. The third-order valence-corrected chi connectivity index (χ3v) is 8.57. The Balaban J connectivity index is 0.917. The van der Waals surface area contributed by atoms with Gasteiger partial charge in [0, 0.05) is 63.6 Å². The molecule has 2 aromatic heterocycles. The summed E-state index contributed by atoms with van der Waals surface area (Å²) in [5.41, 5.74) is 2.03. The summed E-state index contributed by atoms with van der Waals surface area (Å²) in [7, 11) is 0. The average Bonchev–Trinajstić information content (AvgIpc) is 3.20. The molecule has 4 aliphatic carbocycles. The lowest BCUT2D eigenvalue weighted by Gasteiger charge is -2.56. The van der Waals surface area contributed by atoms with Crippen molar-refractivity contribution in [1.82, 2.24) is 29.8 Å². The molecule has 2 aromatic rings. The van der Waals surface area contributed by atoms with Gasteiger partial charge in [-0.3, -0.25) is 9.69 Å². The minimum Gasteiger partial charge on any atom is -0.340 e. The van der Waals surface area contributed by atoms with Crippen molar-refractivity contribution in [2.75, 3.05) is 32.7 Å². The smallest absolute Gasteiger partial charge is 0.315 e. The van der Waals surface area contributed by atoms with Gasteiger partial charge in [-0.15, -0.1) is 0 Å². The summed E-state index contributed by atoms with van der Waals surface area (Å²) in [5.74, 6) is 2.54. The maximum atomic E-state index is 12.7. The summed E-state index contributed by atoms with van der Waals surface area (Å²) in [5, 5.41) is 6.29. The second-order valence-corrected chi connectivity index (χ2v) is 11.2. The van der Waals surface area contributed by atoms with Gasteiger partial charge in [-0.05, 0) is 68.4 Å². The number of aromatic nitrogens is 2. The van der Waals surface area contributed by atoms with Gasteiger partial charge in [0.1, 0.15) is 5.65 Å². The molecule has 4 bridgehead atoms. The molecule has 4 saturated carbocycles. The van der Waals surface area contributed by atoms with Crippen LogP contribution in [-0.2, 0) is 11.3 Å². The highest BCUT2D eigenvalue weighted by atomic mass is 16.2. The molecule has 0 unspecified atom stereocenters. The van der Waals surface area contributed by atoms with Crippen LogP contribution in [-0.4, -0.2) is 69.4 Å². The predicted molar refractivity (Wildman–Crippen MR) is 129 cm³/mol. The molecule has 0 aromatic carbocycles. The Hall–Kier alpha value is -2.61. The fourth-order valence-electron chi connectivity index (χ4n) is 7.44. The van der Waals surface area contributed by atoms with Gasteiger partial charge in [-0.1, -0.05) is 6.07 Å². The molecule has 8 nitrogen and oxygen atoms in total. The van der Waals surface area contributed by atoms with E-state index in [1.165, 1.54) is 19.3 Å². The minimum absolute atomic E-state index is 0.0140. The second kappa shape index (κ2) is 8.87. The first-order chi connectivity index (χ1) is 16.5. The molecule has 5 aliphatic rings. The van der Waals surface area contributed by atoms with Crippen LogP contribution in [0, 0.1) is 17.8 Å². The van der Waals surface area contributed by atoms with E-state index in [1.54, 1.807) is 0 Å². The second-order valence-electron chi connectivity index (χ2n) is 11.2. The molecule has 0 spiro atoms. The molecule has 7 rings (SSSR count). The number of urea groups is 1. The van der Waals surface area contributed by atoms with E-state index in [-0.39, 0.29) is 17.5 Å². The summed E-state index contributed by atoms with van der Waals surface area (Å²) in [6, 6.07) is 5.92. The van der Waals surface area contributed by atoms with Crippen molar-refractivity contribution in [3.05, 3.63) is 36.3 Å². The lowest BCUT2D eigenvalue weighted by molar-refractivity contribution is -0.132. The van der Waals surface area contributed by atoms with E-state index in [0.29, 0.717) is 13.0 Å². The highest BCUT2D eigenvalue weighted by molar-refractivity contribution is 5.78. The fraction of sp³-hybridized carbons (Fsp3) is 0.654. The molecule has 2 N–H and O–H groups in total. The van der Waals surface area contributed by atoms with Crippen LogP contribution in [0.4, 0.5) is 4.79 Å². The van der Waals surface area contributed by atoms with Gasteiger partial charge in [0.15, 0.2) is 0 Å². The third kappa shape index (κ3) is 4.52. The number of pyridine rings is 1. The Bertz CT molecular complexity index is 988. The van der Waals surface area contributed by atoms with Crippen LogP contribution in [0.2, 0.25) is 0 Å². The third-order valence-electron chi connectivity index (χ3n) is 8.57. The highest BCUT2D eigenvalue weighted by Crippen LogP contribution is 2.55. The van der Waals surface area contributed by atoms with Crippen LogP contribution >= 0.6 is 0 Å². The Labute approximate surface area is 201 Å². The first-order valence-corrected chi connectivity index (χ1v) is 13.0. The number of fused-ring (bicyclic) bond motifs is 1. The van der Waals surface area contributed by atoms with Crippen LogP contribution in [0.5, 0.6) is 0 Å². The molecule has 1 aliphatic heterocycles. The first kappa shape index (κ1) is 21.9. The maximum absolute atomic E-state index is 12.7. The summed E-state index contributed by atoms with van der Waals surface area (Å²) in [6.07, 6.45) is 12.0. The van der Waals surface area contributed by atoms with Gasteiger partial charge < -0.3 is 19.9 Å². The normalized spacial score (nSPS) is 30.6. The molecule has 8 heteroatoms. The molecule has 3 amide bonds. The lowest BCUT2D eigenvalue weighted by Crippen LogP contribution is -2.61. The van der Waals surface area contributed by atoms with Crippen molar-refractivity contribution >= 4 is 17.6 Å². The maximum Gasteiger partial charge on any atom is 0.315 e. The number of hydrogen-bond acceptors (Lipinski definition) is 4. The summed E-state index contributed by atoms with van der Waals surface area (Å²) in [4.78, 5) is 34.3. The number of piperazine rings is 1. The largest absolute Gasteiger partial charge is 0.340 e. The highest BCUT2D eigenvalue weighted by Gasteiger charge is 2.51. The van der Waals surface area contributed by atoms with E-state index in [2.05, 4.69) is 26.7 Å². The number of nitrogens with zero attached hydrogens (tertiary/aromatic N) is 4. The molecular weight excluding hydrogens is 428 g/mol. The molecular formula is C26H36N6O2. The van der Waals surface area contributed by atoms with Crippen molar-refractivity contribution in [3.8, 4) is 0 Å². The Morgan fingerprint density at radius 1 is 1.00 bits per heavy atom. The molecule has 0 radical (unpaired) electrons. The number of carbonyl (C=O) groups excluding carboxylic acids is 2. The van der Waals surface area contributed by atoms with Gasteiger partial charge in [0.2, 0.25) is 5.91 Å². The summed E-state index contributed by atoms with van der Waals surface area (Å²) in [6.45, 7) is 4.35. The van der Waals surface area contributed by atoms with Gasteiger partial charge >= 0.3 is 6.03 Å². The van der Waals surface area contributed by atoms with Crippen molar-refractivity contribution in [3.63, 3.8) is 0 Å². The molecule has 182 valence electrons. The summed E-state index contributed by atoms with van der Waals surface area (Å²) >= 11 is 0. The van der Waals surface area contributed by atoms with E-state index < -0.39 is 0 Å². The van der Waals surface area contributed by atoms with Gasteiger partial charge in [0.05, 0.1) is 5.69 Å². The number of imidazole rings is 1. The fourth-order valence-corrected chi connectivity index (χ4v) is 7.44. The van der Waals surface area contributed by atoms with Crippen molar-refractivity contribution in [2.24, 2.45) is 17.8 Å². The first-order valence-electron chi connectivity index (χ1n) is 13.0. The SMILES string of the molecule is O=C(NCCC(=O)N1CCN(Cc2cn3ccccc3n2)CC1)NC12CC3CC(CC(C3)C1)C2. The van der Waals surface area contributed by atoms with Gasteiger partial charge in [0.25, 0.3) is 0 Å². The van der Waals surface area contributed by atoms with Crippen molar-refractivity contribution < 1.29 is 9.59 Å². The summed E-state index contributed by atoms with van der Waals surface area (Å²) < 4.78 is 2.04. The molecule has 5 fully saturated rings. The van der Waals surface area contributed by atoms with Crippen LogP contribution in [0.25, 0.3) is 5.65 Å².